The molecule has 1 heterocycles. The molecule has 4 aromatic rings. The van der Waals surface area contributed by atoms with Crippen LogP contribution in [0.2, 0.25) is 0 Å². The topological polar surface area (TPSA) is 97.5 Å². The van der Waals surface area contributed by atoms with Crippen molar-refractivity contribution in [2.45, 2.75) is 6.92 Å². The number of aromatic nitrogens is 1. The molecule has 1 N–H and O–H groups in total. The number of hydrazone groups is 1. The molecule has 0 saturated heterocycles. The molecule has 0 aliphatic carbocycles. The molecule has 4 rings (SSSR count). The number of nitrogens with one attached hydrogen (secondary N) is 1. The molecule has 1 aromatic heterocycles. The van der Waals surface area contributed by atoms with Crippen LogP contribution < -0.4 is 10.2 Å². The first-order valence-electron chi connectivity index (χ1n) is 10.8. The molecule has 0 amide bonds. The van der Waals surface area contributed by atoms with Crippen molar-refractivity contribution in [1.82, 2.24) is 4.98 Å². The van der Waals surface area contributed by atoms with E-state index in [1.165, 1.54) is 0 Å². The zero-order valence-electron chi connectivity index (χ0n) is 19.2. The van der Waals surface area contributed by atoms with Gasteiger partial charge in [0.05, 0.1) is 0 Å². The Kier molecular flexibility index (Phi) is 8.16. The summed E-state index contributed by atoms with van der Waals surface area (Å²) in [4.78, 5) is 16.6. The third-order valence-corrected chi connectivity index (χ3v) is 6.55. The number of hydrogen-bond acceptors (Lipinski definition) is 8. The minimum absolute atomic E-state index is 0.212. The summed E-state index contributed by atoms with van der Waals surface area (Å²) in [6.45, 7) is 2.11. The van der Waals surface area contributed by atoms with Crippen molar-refractivity contribution in [3.63, 3.8) is 0 Å². The van der Waals surface area contributed by atoms with Gasteiger partial charge in [-0.3, -0.25) is 0 Å². The van der Waals surface area contributed by atoms with E-state index in [-0.39, 0.29) is 20.5 Å². The van der Waals surface area contributed by atoms with Crippen LogP contribution in [0.5, 0.6) is 5.75 Å². The van der Waals surface area contributed by atoms with E-state index in [1.54, 1.807) is 44.5 Å². The van der Waals surface area contributed by atoms with Crippen LogP contribution in [0.25, 0.3) is 11.3 Å². The molecule has 8 nitrogen and oxygen atoms in total. The van der Waals surface area contributed by atoms with E-state index in [1.807, 2.05) is 54.6 Å². The number of benzene rings is 3. The van der Waals surface area contributed by atoms with Crippen molar-refractivity contribution in [2.75, 3.05) is 19.1 Å². The molecule has 0 saturated carbocycles. The summed E-state index contributed by atoms with van der Waals surface area (Å²) < 4.78 is 11.7. The minimum atomic E-state index is -0.358. The Morgan fingerprint density at radius 1 is 1.00 bits per heavy atom. The first kappa shape index (κ1) is 24.1. The van der Waals surface area contributed by atoms with E-state index in [2.05, 4.69) is 20.8 Å². The predicted octanol–water partition coefficient (Wildman–Crippen LogP) is 5.85. The SMILES string of the molecule is CCOC(=O)c1ccc(N=Nc2[se]c(NN=Cc3ccc(OC)cc3)nc2-c2ccccc2)cc1. The second-order valence-corrected chi connectivity index (χ2v) is 9.20. The van der Waals surface area contributed by atoms with Crippen molar-refractivity contribution in [3.8, 4) is 17.0 Å². The zero-order chi connectivity index (χ0) is 24.5. The molecule has 0 radical (unpaired) electrons. The molecule has 176 valence electrons. The number of nitrogens with zero attached hydrogens (tertiary/aromatic N) is 4. The Labute approximate surface area is 209 Å². The average molecular weight is 532 g/mol. The van der Waals surface area contributed by atoms with Crippen LogP contribution in [-0.4, -0.2) is 45.4 Å². The Morgan fingerprint density at radius 2 is 1.74 bits per heavy atom. The van der Waals surface area contributed by atoms with E-state index in [4.69, 9.17) is 14.5 Å². The quantitative estimate of drug-likeness (QED) is 0.0959. The second kappa shape index (κ2) is 11.9. The second-order valence-electron chi connectivity index (χ2n) is 7.15. The van der Waals surface area contributed by atoms with Gasteiger partial charge in [-0.15, -0.1) is 0 Å². The summed E-state index contributed by atoms with van der Waals surface area (Å²) in [6, 6.07) is 24.3. The van der Waals surface area contributed by atoms with Crippen molar-refractivity contribution < 1.29 is 14.3 Å². The fraction of sp³-hybridized carbons (Fsp3) is 0.115. The van der Waals surface area contributed by atoms with Crippen LogP contribution in [0.15, 0.2) is 94.2 Å². The monoisotopic (exact) mass is 533 g/mol. The number of carbonyl (C=O) groups excluding carboxylic acids is 1. The summed E-state index contributed by atoms with van der Waals surface area (Å²) in [5.74, 6) is 0.435. The molecule has 35 heavy (non-hydrogen) atoms. The Bertz CT molecular complexity index is 1320. The number of esters is 1. The van der Waals surface area contributed by atoms with Gasteiger partial charge in [-0.2, -0.15) is 0 Å². The van der Waals surface area contributed by atoms with Crippen LogP contribution in [0.1, 0.15) is 22.8 Å². The van der Waals surface area contributed by atoms with Crippen LogP contribution >= 0.6 is 0 Å². The maximum atomic E-state index is 11.8. The van der Waals surface area contributed by atoms with Crippen LogP contribution in [-0.2, 0) is 4.74 Å². The third kappa shape index (κ3) is 6.50. The average Bonchev–Trinajstić information content (AvgIpc) is 3.32. The molecule has 0 spiro atoms. The van der Waals surface area contributed by atoms with Crippen molar-refractivity contribution in [2.24, 2.45) is 15.3 Å². The fourth-order valence-electron chi connectivity index (χ4n) is 3.05. The van der Waals surface area contributed by atoms with Gasteiger partial charge >= 0.3 is 209 Å². The number of methoxy groups -OCH3 is 1. The summed E-state index contributed by atoms with van der Waals surface area (Å²) in [7, 11) is 1.63. The van der Waals surface area contributed by atoms with Gasteiger partial charge in [0.25, 0.3) is 0 Å². The van der Waals surface area contributed by atoms with E-state index in [0.717, 1.165) is 31.8 Å². The van der Waals surface area contributed by atoms with Crippen LogP contribution in [0, 0.1) is 0 Å². The summed E-state index contributed by atoms with van der Waals surface area (Å²) in [5, 5.41) is 13.2. The summed E-state index contributed by atoms with van der Waals surface area (Å²) >= 11 is -0.212. The Morgan fingerprint density at radius 3 is 2.43 bits per heavy atom. The van der Waals surface area contributed by atoms with E-state index in [9.17, 15) is 4.79 Å². The predicted molar refractivity (Wildman–Crippen MR) is 137 cm³/mol. The van der Waals surface area contributed by atoms with Gasteiger partial charge in [0.2, 0.25) is 0 Å². The van der Waals surface area contributed by atoms with E-state index >= 15 is 0 Å². The van der Waals surface area contributed by atoms with Gasteiger partial charge < -0.3 is 0 Å². The van der Waals surface area contributed by atoms with Crippen molar-refractivity contribution >= 4 is 41.6 Å². The van der Waals surface area contributed by atoms with Gasteiger partial charge in [-0.05, 0) is 0 Å². The molecule has 3 aromatic carbocycles. The van der Waals surface area contributed by atoms with Crippen molar-refractivity contribution in [1.29, 1.82) is 0 Å². The van der Waals surface area contributed by atoms with Crippen LogP contribution in [0.3, 0.4) is 0 Å². The molecular formula is C26H23N5O3Se. The van der Waals surface area contributed by atoms with Crippen LogP contribution in [0.4, 0.5) is 14.9 Å². The third-order valence-electron chi connectivity index (χ3n) is 4.78. The Balaban J connectivity index is 1.53. The molecule has 0 atom stereocenters. The van der Waals surface area contributed by atoms with Gasteiger partial charge in [0.15, 0.2) is 0 Å². The van der Waals surface area contributed by atoms with Gasteiger partial charge in [0.1, 0.15) is 0 Å². The molecule has 0 fully saturated rings. The summed E-state index contributed by atoms with van der Waals surface area (Å²) in [6.07, 6.45) is 1.73. The number of anilines is 1. The van der Waals surface area contributed by atoms with E-state index < -0.39 is 0 Å². The Hall–Kier alpha value is -4.07. The number of carbonyl (C=O) groups is 1. The first-order chi connectivity index (χ1) is 17.2. The molecule has 0 bridgehead atoms. The fourth-order valence-corrected chi connectivity index (χ4v) is 4.64. The van der Waals surface area contributed by atoms with Gasteiger partial charge in [-0.25, -0.2) is 0 Å². The zero-order valence-corrected chi connectivity index (χ0v) is 20.9. The standard InChI is InChI=1S/C26H23N5O3Se/c1-3-34-25(32)20-11-13-21(14-12-20)29-30-24-23(19-7-5-4-6-8-19)28-26(35-24)31-27-17-18-9-15-22(33-2)16-10-18/h4-17H,3H2,1-2H3,(H,28,31). The number of ether oxygens (including phenoxy) is 2. The molecule has 0 unspecified atom stereocenters. The maximum absolute atomic E-state index is 11.8. The van der Waals surface area contributed by atoms with Gasteiger partial charge in [-0.1, -0.05) is 0 Å². The number of hydrogen-bond donors (Lipinski definition) is 1. The van der Waals surface area contributed by atoms with Crippen molar-refractivity contribution in [3.05, 3.63) is 90.0 Å². The first-order valence-corrected chi connectivity index (χ1v) is 12.6. The van der Waals surface area contributed by atoms with Gasteiger partial charge in [0, 0.05) is 0 Å². The van der Waals surface area contributed by atoms with E-state index in [0.29, 0.717) is 17.9 Å². The summed E-state index contributed by atoms with van der Waals surface area (Å²) in [5.41, 5.74) is 6.80. The molecular weight excluding hydrogens is 509 g/mol. The molecule has 0 aliphatic rings. The number of rotatable bonds is 9. The molecule has 0 aliphatic heterocycles. The number of azo groups is 1. The normalized spacial score (nSPS) is 11.1. The molecule has 9 heteroatoms.